The highest BCUT2D eigenvalue weighted by Crippen LogP contribution is 2.31. The van der Waals surface area contributed by atoms with Gasteiger partial charge in [0.25, 0.3) is 5.91 Å². The number of ether oxygens (including phenoxy) is 2. The van der Waals surface area contributed by atoms with Gasteiger partial charge in [-0.25, -0.2) is 0 Å². The first-order valence-corrected chi connectivity index (χ1v) is 14.9. The Hall–Kier alpha value is -4.38. The maximum absolute atomic E-state index is 13.1. The molecule has 0 unspecified atom stereocenters. The summed E-state index contributed by atoms with van der Waals surface area (Å²) in [6.45, 7) is 2.80. The maximum Gasteiger partial charge on any atom is 0.283 e. The van der Waals surface area contributed by atoms with Gasteiger partial charge in [0.15, 0.2) is 5.84 Å². The van der Waals surface area contributed by atoms with Crippen molar-refractivity contribution in [3.8, 4) is 11.5 Å². The summed E-state index contributed by atoms with van der Waals surface area (Å²) in [6.07, 6.45) is 7.83. The lowest BCUT2D eigenvalue weighted by Crippen LogP contribution is -2.36. The zero-order valence-corrected chi connectivity index (χ0v) is 24.2. The summed E-state index contributed by atoms with van der Waals surface area (Å²) < 4.78 is 13.2. The van der Waals surface area contributed by atoms with Crippen molar-refractivity contribution in [1.29, 1.82) is 5.41 Å². The number of benzene rings is 2. The lowest BCUT2D eigenvalue weighted by molar-refractivity contribution is -0.130. The fraction of sp³-hybridized carbons (Fsp3) is 0.323. The molecule has 2 aromatic carbocycles. The molecule has 0 spiro atoms. The maximum atomic E-state index is 13.1. The molecule has 2 amide bonds. The zero-order chi connectivity index (χ0) is 29.1. The predicted molar refractivity (Wildman–Crippen MR) is 165 cm³/mol. The number of nitrogens with zero attached hydrogens (tertiary/aromatic N) is 5. The number of hydrogen-bond acceptors (Lipinski definition) is 7. The second kappa shape index (κ2) is 12.2. The number of carbonyl (C=O) groups excluding carboxylic acids is 2. The number of thioether (sulfide) groups is 1. The number of aliphatic imine (C=N–C) groups is 1. The molecule has 0 radical (unpaired) electrons. The molecular weight excluding hydrogens is 552 g/mol. The minimum Gasteiger partial charge on any atom is -0.497 e. The van der Waals surface area contributed by atoms with Crippen LogP contribution in [-0.4, -0.2) is 69.1 Å². The van der Waals surface area contributed by atoms with Crippen LogP contribution in [0.1, 0.15) is 37.7 Å². The largest absolute Gasteiger partial charge is 0.497 e. The summed E-state index contributed by atoms with van der Waals surface area (Å²) in [6, 6.07) is 15.5. The Morgan fingerprint density at radius 3 is 2.62 bits per heavy atom. The van der Waals surface area contributed by atoms with E-state index in [0.717, 1.165) is 73.3 Å². The van der Waals surface area contributed by atoms with Crippen molar-refractivity contribution in [2.45, 2.75) is 38.6 Å². The van der Waals surface area contributed by atoms with Gasteiger partial charge in [-0.2, -0.15) is 15.1 Å². The van der Waals surface area contributed by atoms with Crippen LogP contribution < -0.4 is 9.47 Å². The van der Waals surface area contributed by atoms with Crippen molar-refractivity contribution in [1.82, 2.24) is 14.5 Å². The number of hydrazone groups is 1. The molecule has 6 rings (SSSR count). The fourth-order valence-electron chi connectivity index (χ4n) is 5.32. The SMILES string of the molecule is COc1ccc(OCCCn2cc(/C=C3/C(=N)N4N=C(CC(=O)N5CCCCC5)SC4=NC3=O)c3ccccc32)cc1. The number of fused-ring (bicyclic) bond motifs is 2. The van der Waals surface area contributed by atoms with Gasteiger partial charge in [0.2, 0.25) is 11.1 Å². The number of rotatable bonds is 9. The quantitative estimate of drug-likeness (QED) is 0.275. The van der Waals surface area contributed by atoms with E-state index in [-0.39, 0.29) is 23.7 Å². The predicted octanol–water partition coefficient (Wildman–Crippen LogP) is 5.14. The molecule has 3 aromatic rings. The standard InChI is InChI=1S/C31H32N6O4S/c1-40-22-10-12-23(13-11-22)41-17-7-16-36-20-21(24-8-3-4-9-26(24)36)18-25-29(32)37-31(33-30(25)39)42-27(34-37)19-28(38)35-14-5-2-6-15-35/h3-4,8-13,18,20,32H,2,5-7,14-17,19H2,1H3/b25-18-,32-29?. The normalized spacial score (nSPS) is 17.9. The number of amidine groups is 2. The first kappa shape index (κ1) is 27.8. The van der Waals surface area contributed by atoms with E-state index in [1.807, 2.05) is 59.6 Å². The molecule has 0 aliphatic carbocycles. The number of para-hydroxylation sites is 1. The van der Waals surface area contributed by atoms with Crippen molar-refractivity contribution in [2.24, 2.45) is 10.1 Å². The lowest BCUT2D eigenvalue weighted by atomic mass is 10.1. The molecule has 3 aliphatic rings. The average molecular weight is 585 g/mol. The highest BCUT2D eigenvalue weighted by Gasteiger charge is 2.36. The van der Waals surface area contributed by atoms with Gasteiger partial charge in [0.05, 0.1) is 25.7 Å². The van der Waals surface area contributed by atoms with Gasteiger partial charge in [-0.3, -0.25) is 15.0 Å². The first-order valence-electron chi connectivity index (χ1n) is 14.1. The van der Waals surface area contributed by atoms with Crippen molar-refractivity contribution in [3.63, 3.8) is 0 Å². The van der Waals surface area contributed by atoms with Crippen LogP contribution in [0.5, 0.6) is 11.5 Å². The number of carbonyl (C=O) groups is 2. The van der Waals surface area contributed by atoms with Crippen LogP contribution in [0.25, 0.3) is 17.0 Å². The van der Waals surface area contributed by atoms with Gasteiger partial charge in [0.1, 0.15) is 16.5 Å². The second-order valence-corrected chi connectivity index (χ2v) is 11.3. The Morgan fingerprint density at radius 2 is 1.83 bits per heavy atom. The topological polar surface area (TPSA) is 113 Å². The van der Waals surface area contributed by atoms with Crippen LogP contribution in [0, 0.1) is 5.41 Å². The van der Waals surface area contributed by atoms with Crippen LogP contribution >= 0.6 is 11.8 Å². The molecule has 0 saturated carbocycles. The van der Waals surface area contributed by atoms with Crippen molar-refractivity contribution < 1.29 is 19.1 Å². The van der Waals surface area contributed by atoms with E-state index < -0.39 is 5.91 Å². The molecule has 1 fully saturated rings. The molecule has 0 bridgehead atoms. The summed E-state index contributed by atoms with van der Waals surface area (Å²) in [5, 5.41) is 16.5. The lowest BCUT2D eigenvalue weighted by Gasteiger charge is -2.26. The number of hydrogen-bond donors (Lipinski definition) is 1. The highest BCUT2D eigenvalue weighted by molar-refractivity contribution is 8.27. The van der Waals surface area contributed by atoms with Gasteiger partial charge in [-0.15, -0.1) is 0 Å². The molecule has 3 aliphatic heterocycles. The monoisotopic (exact) mass is 584 g/mol. The summed E-state index contributed by atoms with van der Waals surface area (Å²) in [5.74, 6) is 1.07. The number of piperidine rings is 1. The van der Waals surface area contributed by atoms with Gasteiger partial charge in [0, 0.05) is 42.3 Å². The summed E-state index contributed by atoms with van der Waals surface area (Å²) in [7, 11) is 1.63. The highest BCUT2D eigenvalue weighted by atomic mass is 32.2. The van der Waals surface area contributed by atoms with Crippen LogP contribution in [-0.2, 0) is 16.1 Å². The number of aryl methyl sites for hydroxylation is 1. The van der Waals surface area contributed by atoms with Gasteiger partial charge < -0.3 is 18.9 Å². The van der Waals surface area contributed by atoms with E-state index in [2.05, 4.69) is 14.7 Å². The Balaban J connectivity index is 1.16. The van der Waals surface area contributed by atoms with E-state index in [1.165, 1.54) is 16.8 Å². The molecular formula is C31H32N6O4S. The number of amides is 2. The Bertz CT molecular complexity index is 1620. The zero-order valence-electron chi connectivity index (χ0n) is 23.4. The number of nitrogens with one attached hydrogen (secondary N) is 1. The van der Waals surface area contributed by atoms with E-state index >= 15 is 0 Å². The molecule has 1 saturated heterocycles. The molecule has 1 N–H and O–H groups in total. The van der Waals surface area contributed by atoms with Crippen LogP contribution in [0.15, 0.2) is 70.4 Å². The fourth-order valence-corrected chi connectivity index (χ4v) is 6.19. The van der Waals surface area contributed by atoms with Crippen molar-refractivity contribution >= 4 is 56.6 Å². The molecule has 216 valence electrons. The van der Waals surface area contributed by atoms with Crippen molar-refractivity contribution in [2.75, 3.05) is 26.8 Å². The van der Waals surface area contributed by atoms with Crippen LogP contribution in [0.2, 0.25) is 0 Å². The smallest absolute Gasteiger partial charge is 0.283 e. The van der Waals surface area contributed by atoms with Gasteiger partial charge in [-0.1, -0.05) is 18.2 Å². The van der Waals surface area contributed by atoms with E-state index in [4.69, 9.17) is 14.9 Å². The van der Waals surface area contributed by atoms with E-state index in [9.17, 15) is 9.59 Å². The summed E-state index contributed by atoms with van der Waals surface area (Å²) >= 11 is 1.19. The number of methoxy groups -OCH3 is 1. The molecule has 4 heterocycles. The number of aromatic nitrogens is 1. The Kier molecular flexibility index (Phi) is 8.09. The summed E-state index contributed by atoms with van der Waals surface area (Å²) in [4.78, 5) is 31.9. The van der Waals surface area contributed by atoms with E-state index in [0.29, 0.717) is 16.8 Å². The van der Waals surface area contributed by atoms with Gasteiger partial charge in [-0.05, 0) is 73.9 Å². The van der Waals surface area contributed by atoms with E-state index in [1.54, 1.807) is 13.2 Å². The first-order chi connectivity index (χ1) is 20.5. The van der Waals surface area contributed by atoms with Crippen LogP contribution in [0.3, 0.4) is 0 Å². The van der Waals surface area contributed by atoms with Gasteiger partial charge >= 0.3 is 0 Å². The Labute approximate surface area is 248 Å². The van der Waals surface area contributed by atoms with Crippen LogP contribution in [0.4, 0.5) is 0 Å². The second-order valence-electron chi connectivity index (χ2n) is 10.3. The van der Waals surface area contributed by atoms with Crippen molar-refractivity contribution in [3.05, 3.63) is 65.9 Å². The molecule has 42 heavy (non-hydrogen) atoms. The molecule has 0 atom stereocenters. The Morgan fingerprint density at radius 1 is 1.07 bits per heavy atom. The molecule has 10 nitrogen and oxygen atoms in total. The summed E-state index contributed by atoms with van der Waals surface area (Å²) in [5.41, 5.74) is 2.02. The number of likely N-dealkylation sites (tertiary alicyclic amines) is 1. The third kappa shape index (κ3) is 5.82. The average Bonchev–Trinajstić information content (AvgIpc) is 3.59. The third-order valence-electron chi connectivity index (χ3n) is 7.50. The third-order valence-corrected chi connectivity index (χ3v) is 8.41. The molecule has 11 heteroatoms. The minimum atomic E-state index is -0.484. The minimum absolute atomic E-state index is 0.0252. The molecule has 1 aromatic heterocycles.